The number of fused-ring (bicyclic) bond motifs is 7. The molecule has 0 nitrogen and oxygen atoms in total. The summed E-state index contributed by atoms with van der Waals surface area (Å²) < 4.78 is 2.71. The van der Waals surface area contributed by atoms with E-state index in [0.717, 1.165) is 0 Å². The molecule has 0 aliphatic rings. The Kier molecular flexibility index (Phi) is 7.10. The van der Waals surface area contributed by atoms with Crippen molar-refractivity contribution >= 4 is 109 Å². The maximum atomic E-state index is 2.40. The molecular formula is C45H36S2. The van der Waals surface area contributed by atoms with Crippen LogP contribution >= 0.6 is 22.7 Å². The van der Waals surface area contributed by atoms with E-state index in [0.29, 0.717) is 0 Å². The lowest BCUT2D eigenvalue weighted by atomic mass is 9.96. The van der Waals surface area contributed by atoms with Gasteiger partial charge in [-0.25, -0.2) is 0 Å². The van der Waals surface area contributed by atoms with E-state index in [2.05, 4.69) is 135 Å². The van der Waals surface area contributed by atoms with Crippen LogP contribution in [0.5, 0.6) is 0 Å². The van der Waals surface area contributed by atoms with Crippen molar-refractivity contribution in [3.63, 3.8) is 0 Å². The second kappa shape index (κ2) is 11.6. The number of aryl methyl sites for hydroxylation is 2. The Bertz CT molecular complexity index is 2590. The summed E-state index contributed by atoms with van der Waals surface area (Å²) in [6.07, 6.45) is 10.9. The maximum absolute atomic E-state index is 2.40. The lowest BCUT2D eigenvalue weighted by Crippen LogP contribution is -1.87. The lowest BCUT2D eigenvalue weighted by Gasteiger charge is -2.08. The Hall–Kier alpha value is -4.50. The standard InChI is InChI=1S/C45H36S2/c1-3-4-5-6-7-29-8-11-31-17-36-20-34-16-30(9-12-32(34)18-35(36)19-33(31)15-29)10-13-43-25-42-24-38-22-39-26-44-41(14-28(2)46-44)23-37(39)21-40(38)27-45(42)47-43/h8-27H,3-7H2,1-2H3/b13-10+. The van der Waals surface area contributed by atoms with Gasteiger partial charge < -0.3 is 0 Å². The quantitative estimate of drug-likeness (QED) is 0.120. The van der Waals surface area contributed by atoms with E-state index in [1.165, 1.54) is 127 Å². The highest BCUT2D eigenvalue weighted by molar-refractivity contribution is 7.20. The first-order chi connectivity index (χ1) is 23.0. The van der Waals surface area contributed by atoms with Gasteiger partial charge in [-0.2, -0.15) is 0 Å². The number of unbranched alkanes of at least 4 members (excludes halogenated alkanes) is 3. The molecule has 0 amide bonds. The van der Waals surface area contributed by atoms with Crippen molar-refractivity contribution in [2.75, 3.05) is 0 Å². The molecule has 2 heteroatoms. The van der Waals surface area contributed by atoms with E-state index in [4.69, 9.17) is 0 Å². The van der Waals surface area contributed by atoms with Gasteiger partial charge in [-0.1, -0.05) is 62.6 Å². The predicted octanol–water partition coefficient (Wildman–Crippen LogP) is 14.5. The minimum atomic E-state index is 1.18. The summed E-state index contributed by atoms with van der Waals surface area (Å²) in [5.74, 6) is 0. The van der Waals surface area contributed by atoms with E-state index in [-0.39, 0.29) is 0 Å². The lowest BCUT2D eigenvalue weighted by molar-refractivity contribution is 0.667. The smallest absolute Gasteiger partial charge is 0.0355 e. The average molecular weight is 641 g/mol. The molecule has 2 heterocycles. The summed E-state index contributed by atoms with van der Waals surface area (Å²) in [6.45, 7) is 4.47. The second-order valence-corrected chi connectivity index (χ2v) is 15.7. The Morgan fingerprint density at radius 3 is 1.70 bits per heavy atom. The maximum Gasteiger partial charge on any atom is 0.0355 e. The van der Waals surface area contributed by atoms with E-state index in [1.807, 2.05) is 22.7 Å². The van der Waals surface area contributed by atoms with Crippen LogP contribution in [-0.2, 0) is 6.42 Å². The van der Waals surface area contributed by atoms with Crippen molar-refractivity contribution in [2.24, 2.45) is 0 Å². The highest BCUT2D eigenvalue weighted by Gasteiger charge is 2.08. The van der Waals surface area contributed by atoms with Crippen LogP contribution in [0.3, 0.4) is 0 Å². The molecule has 0 fully saturated rings. The van der Waals surface area contributed by atoms with E-state index >= 15 is 0 Å². The summed E-state index contributed by atoms with van der Waals surface area (Å²) in [7, 11) is 0. The third kappa shape index (κ3) is 5.50. The molecule has 0 N–H and O–H groups in total. The average Bonchev–Trinajstić information content (AvgIpc) is 3.64. The van der Waals surface area contributed by atoms with E-state index in [1.54, 1.807) is 0 Å². The molecule has 0 saturated heterocycles. The molecule has 0 atom stereocenters. The third-order valence-corrected chi connectivity index (χ3v) is 11.9. The van der Waals surface area contributed by atoms with Gasteiger partial charge in [0.25, 0.3) is 0 Å². The first kappa shape index (κ1) is 28.7. The Morgan fingerprint density at radius 2 is 1.00 bits per heavy atom. The van der Waals surface area contributed by atoms with Gasteiger partial charge in [0.1, 0.15) is 0 Å². The van der Waals surface area contributed by atoms with Gasteiger partial charge in [0, 0.05) is 19.2 Å². The summed E-state index contributed by atoms with van der Waals surface area (Å²) in [4.78, 5) is 2.65. The fourth-order valence-electron chi connectivity index (χ4n) is 7.32. The second-order valence-electron chi connectivity index (χ2n) is 13.3. The number of thiophene rings is 2. The molecule has 0 radical (unpaired) electrons. The monoisotopic (exact) mass is 640 g/mol. The van der Waals surface area contributed by atoms with Gasteiger partial charge in [-0.05, 0) is 180 Å². The van der Waals surface area contributed by atoms with Crippen molar-refractivity contribution in [2.45, 2.75) is 46.0 Å². The first-order valence-electron chi connectivity index (χ1n) is 16.9. The Morgan fingerprint density at radius 1 is 0.447 bits per heavy atom. The van der Waals surface area contributed by atoms with Gasteiger partial charge in [0.2, 0.25) is 0 Å². The van der Waals surface area contributed by atoms with Crippen LogP contribution in [0.15, 0.2) is 109 Å². The molecule has 47 heavy (non-hydrogen) atoms. The molecule has 0 aliphatic carbocycles. The van der Waals surface area contributed by atoms with Crippen LogP contribution in [0, 0.1) is 6.92 Å². The SMILES string of the molecule is CCCCCCc1ccc2cc3cc4cc(/C=C/c5cc6cc7cc8cc9sc(C)cc9cc8cc7cc6s5)ccc4cc3cc2c1. The largest absolute Gasteiger partial charge is 0.141 e. The fraction of sp³-hybridized carbons (Fsp3) is 0.156. The van der Waals surface area contributed by atoms with Gasteiger partial charge in [-0.3, -0.25) is 0 Å². The summed E-state index contributed by atoms with van der Waals surface area (Å²) in [5, 5.41) is 15.8. The summed E-state index contributed by atoms with van der Waals surface area (Å²) >= 11 is 3.75. The molecular weight excluding hydrogens is 605 g/mol. The number of rotatable bonds is 7. The summed E-state index contributed by atoms with van der Waals surface area (Å²) in [5.41, 5.74) is 2.69. The molecule has 7 aromatic carbocycles. The molecule has 0 saturated carbocycles. The van der Waals surface area contributed by atoms with Crippen LogP contribution < -0.4 is 0 Å². The first-order valence-corrected chi connectivity index (χ1v) is 18.6. The van der Waals surface area contributed by atoms with Crippen molar-refractivity contribution in [3.8, 4) is 0 Å². The normalized spacial score (nSPS) is 12.4. The molecule has 0 bridgehead atoms. The molecule has 2 aromatic heterocycles. The van der Waals surface area contributed by atoms with Crippen LogP contribution in [0.4, 0.5) is 0 Å². The molecule has 9 rings (SSSR count). The van der Waals surface area contributed by atoms with Gasteiger partial charge in [-0.15, -0.1) is 22.7 Å². The zero-order valence-electron chi connectivity index (χ0n) is 26.9. The molecule has 0 aliphatic heterocycles. The molecule has 0 unspecified atom stereocenters. The Balaban J connectivity index is 1.00. The molecule has 228 valence electrons. The number of hydrogen-bond donors (Lipinski definition) is 0. The van der Waals surface area contributed by atoms with Crippen molar-refractivity contribution in [3.05, 3.63) is 130 Å². The van der Waals surface area contributed by atoms with Gasteiger partial charge >= 0.3 is 0 Å². The predicted molar refractivity (Wildman–Crippen MR) is 213 cm³/mol. The van der Waals surface area contributed by atoms with Gasteiger partial charge in [0.05, 0.1) is 0 Å². The van der Waals surface area contributed by atoms with Crippen LogP contribution in [0.25, 0.3) is 86.2 Å². The zero-order chi connectivity index (χ0) is 31.5. The third-order valence-electron chi connectivity index (χ3n) is 9.81. The minimum absolute atomic E-state index is 1.18. The van der Waals surface area contributed by atoms with Crippen molar-refractivity contribution < 1.29 is 0 Å². The van der Waals surface area contributed by atoms with Gasteiger partial charge in [0.15, 0.2) is 0 Å². The van der Waals surface area contributed by atoms with E-state index in [9.17, 15) is 0 Å². The topological polar surface area (TPSA) is 0 Å². The minimum Gasteiger partial charge on any atom is -0.141 e. The molecule has 9 aromatic rings. The molecule has 0 spiro atoms. The van der Waals surface area contributed by atoms with Crippen LogP contribution in [0.2, 0.25) is 0 Å². The highest BCUT2D eigenvalue weighted by Crippen LogP contribution is 2.36. The van der Waals surface area contributed by atoms with Crippen LogP contribution in [0.1, 0.15) is 53.5 Å². The van der Waals surface area contributed by atoms with Crippen molar-refractivity contribution in [1.29, 1.82) is 0 Å². The summed E-state index contributed by atoms with van der Waals surface area (Å²) in [6, 6.07) is 42.1. The number of benzene rings is 7. The number of hydrogen-bond acceptors (Lipinski definition) is 2. The highest BCUT2D eigenvalue weighted by atomic mass is 32.1. The van der Waals surface area contributed by atoms with Crippen LogP contribution in [-0.4, -0.2) is 0 Å². The Labute approximate surface area is 283 Å². The van der Waals surface area contributed by atoms with Crippen molar-refractivity contribution in [1.82, 2.24) is 0 Å². The van der Waals surface area contributed by atoms with E-state index < -0.39 is 0 Å². The fourth-order valence-corrected chi connectivity index (χ4v) is 9.27. The zero-order valence-corrected chi connectivity index (χ0v) is 28.5.